The molecule has 102 valence electrons. The van der Waals surface area contributed by atoms with Crippen molar-refractivity contribution < 1.29 is 5.11 Å². The third kappa shape index (κ3) is 4.14. The van der Waals surface area contributed by atoms with Gasteiger partial charge in [0, 0.05) is 23.6 Å². The highest BCUT2D eigenvalue weighted by Crippen LogP contribution is 2.29. The fourth-order valence-electron chi connectivity index (χ4n) is 2.11. The summed E-state index contributed by atoms with van der Waals surface area (Å²) >= 11 is 5.24. The Hall–Kier alpha value is -0.680. The van der Waals surface area contributed by atoms with Crippen LogP contribution in [0.5, 0.6) is 0 Å². The molecule has 1 heterocycles. The number of rotatable bonds is 6. The highest BCUT2D eigenvalue weighted by atomic mass is 79.9. The first-order valence-corrected chi connectivity index (χ1v) is 7.98. The van der Waals surface area contributed by atoms with Crippen molar-refractivity contribution in [2.75, 3.05) is 6.61 Å². The Balaban J connectivity index is 2.08. The molecule has 2 N–H and O–H groups in total. The van der Waals surface area contributed by atoms with Crippen LogP contribution in [0.1, 0.15) is 35.9 Å². The molecular formula is C15H18BrNOS. The van der Waals surface area contributed by atoms with Gasteiger partial charge in [-0.15, -0.1) is 11.3 Å². The molecule has 0 aliphatic rings. The molecule has 0 aliphatic heterocycles. The zero-order valence-corrected chi connectivity index (χ0v) is 13.2. The second-order valence-electron chi connectivity index (χ2n) is 4.51. The van der Waals surface area contributed by atoms with Gasteiger partial charge in [-0.05, 0) is 47.0 Å². The zero-order valence-electron chi connectivity index (χ0n) is 10.8. The molecule has 2 aromatic rings. The number of benzene rings is 1. The molecule has 0 amide bonds. The van der Waals surface area contributed by atoms with E-state index in [-0.39, 0.29) is 18.7 Å². The zero-order chi connectivity index (χ0) is 13.7. The molecular weight excluding hydrogens is 322 g/mol. The van der Waals surface area contributed by atoms with E-state index in [9.17, 15) is 5.11 Å². The van der Waals surface area contributed by atoms with Crippen LogP contribution >= 0.6 is 27.3 Å². The second kappa shape index (κ2) is 7.20. The van der Waals surface area contributed by atoms with E-state index in [2.05, 4.69) is 52.4 Å². The van der Waals surface area contributed by atoms with Crippen LogP contribution in [0.3, 0.4) is 0 Å². The Bertz CT molecular complexity index is 500. The minimum atomic E-state index is 0.182. The van der Waals surface area contributed by atoms with Crippen molar-refractivity contribution in [3.05, 3.63) is 56.7 Å². The van der Waals surface area contributed by atoms with Crippen LogP contribution in [0, 0.1) is 0 Å². The monoisotopic (exact) mass is 339 g/mol. The number of hydrogen-bond acceptors (Lipinski definition) is 3. The van der Waals surface area contributed by atoms with Gasteiger partial charge in [0.15, 0.2) is 0 Å². The van der Waals surface area contributed by atoms with Gasteiger partial charge in [0.05, 0.1) is 3.79 Å². The largest absolute Gasteiger partial charge is 0.396 e. The maximum Gasteiger partial charge on any atom is 0.0701 e. The number of halogens is 1. The standard InChI is InChI=1S/C15H18BrNOS/c1-11(14-7-8-15(16)19-14)17-13(9-10-18)12-5-3-2-4-6-12/h2-8,11,13,17-18H,9-10H2,1H3/t11?,13-/m1/s1. The molecule has 4 heteroatoms. The predicted molar refractivity (Wildman–Crippen MR) is 84.5 cm³/mol. The SMILES string of the molecule is CC(N[C@H](CCO)c1ccccc1)c1ccc(Br)s1. The third-order valence-electron chi connectivity index (χ3n) is 3.09. The summed E-state index contributed by atoms with van der Waals surface area (Å²) in [5.41, 5.74) is 1.22. The lowest BCUT2D eigenvalue weighted by Crippen LogP contribution is -2.25. The number of nitrogens with one attached hydrogen (secondary N) is 1. The molecule has 1 unspecified atom stereocenters. The minimum Gasteiger partial charge on any atom is -0.396 e. The molecule has 0 saturated heterocycles. The van der Waals surface area contributed by atoms with Gasteiger partial charge in [0.25, 0.3) is 0 Å². The van der Waals surface area contributed by atoms with Gasteiger partial charge in [-0.3, -0.25) is 0 Å². The number of aliphatic hydroxyl groups excluding tert-OH is 1. The molecule has 19 heavy (non-hydrogen) atoms. The molecule has 1 aromatic heterocycles. The lowest BCUT2D eigenvalue weighted by molar-refractivity contribution is 0.260. The van der Waals surface area contributed by atoms with Crippen molar-refractivity contribution in [1.29, 1.82) is 0 Å². The molecule has 0 aliphatic carbocycles. The number of aliphatic hydroxyl groups is 1. The van der Waals surface area contributed by atoms with Crippen molar-refractivity contribution in [3.8, 4) is 0 Å². The second-order valence-corrected chi connectivity index (χ2v) is 7.00. The van der Waals surface area contributed by atoms with Crippen molar-refractivity contribution in [2.24, 2.45) is 0 Å². The summed E-state index contributed by atoms with van der Waals surface area (Å²) in [6.45, 7) is 2.35. The van der Waals surface area contributed by atoms with E-state index >= 15 is 0 Å². The van der Waals surface area contributed by atoms with E-state index < -0.39 is 0 Å². The molecule has 0 saturated carbocycles. The van der Waals surface area contributed by atoms with Gasteiger partial charge < -0.3 is 10.4 Å². The van der Waals surface area contributed by atoms with Crippen LogP contribution in [-0.4, -0.2) is 11.7 Å². The van der Waals surface area contributed by atoms with Crippen molar-refractivity contribution in [2.45, 2.75) is 25.4 Å². The van der Waals surface area contributed by atoms with Crippen molar-refractivity contribution in [1.82, 2.24) is 5.32 Å². The lowest BCUT2D eigenvalue weighted by Gasteiger charge is -2.22. The average molecular weight is 340 g/mol. The molecule has 2 nitrogen and oxygen atoms in total. The molecule has 1 aromatic carbocycles. The summed E-state index contributed by atoms with van der Waals surface area (Å²) in [5.74, 6) is 0. The van der Waals surface area contributed by atoms with E-state index in [1.807, 2.05) is 18.2 Å². The topological polar surface area (TPSA) is 32.3 Å². The van der Waals surface area contributed by atoms with Crippen LogP contribution in [0.15, 0.2) is 46.3 Å². The Morgan fingerprint density at radius 1 is 1.21 bits per heavy atom. The average Bonchev–Trinajstić information content (AvgIpc) is 2.86. The Morgan fingerprint density at radius 2 is 1.95 bits per heavy atom. The van der Waals surface area contributed by atoms with Gasteiger partial charge >= 0.3 is 0 Å². The molecule has 0 radical (unpaired) electrons. The molecule has 2 rings (SSSR count). The first kappa shape index (κ1) is 14.7. The van der Waals surface area contributed by atoms with Crippen LogP contribution in [0.2, 0.25) is 0 Å². The Kier molecular flexibility index (Phi) is 5.58. The van der Waals surface area contributed by atoms with Gasteiger partial charge in [0.2, 0.25) is 0 Å². The highest BCUT2D eigenvalue weighted by molar-refractivity contribution is 9.11. The first-order chi connectivity index (χ1) is 9.20. The quantitative estimate of drug-likeness (QED) is 0.822. The van der Waals surface area contributed by atoms with E-state index in [1.165, 1.54) is 10.4 Å². The van der Waals surface area contributed by atoms with Gasteiger partial charge in [0.1, 0.15) is 0 Å². The fourth-order valence-corrected chi connectivity index (χ4v) is 3.54. The van der Waals surface area contributed by atoms with Crippen molar-refractivity contribution >= 4 is 27.3 Å². The van der Waals surface area contributed by atoms with Crippen LogP contribution < -0.4 is 5.32 Å². The minimum absolute atomic E-state index is 0.182. The van der Waals surface area contributed by atoms with Crippen LogP contribution in [-0.2, 0) is 0 Å². The molecule has 2 atom stereocenters. The Labute approximate surface area is 126 Å². The summed E-state index contributed by atoms with van der Waals surface area (Å²) in [4.78, 5) is 1.30. The normalized spacial score (nSPS) is 14.3. The van der Waals surface area contributed by atoms with E-state index in [0.29, 0.717) is 0 Å². The van der Waals surface area contributed by atoms with Gasteiger partial charge in [-0.2, -0.15) is 0 Å². The maximum atomic E-state index is 9.24. The number of hydrogen-bond donors (Lipinski definition) is 2. The van der Waals surface area contributed by atoms with Crippen LogP contribution in [0.4, 0.5) is 0 Å². The van der Waals surface area contributed by atoms with Gasteiger partial charge in [-0.25, -0.2) is 0 Å². The molecule has 0 fully saturated rings. The predicted octanol–water partition coefficient (Wildman–Crippen LogP) is 4.28. The maximum absolute atomic E-state index is 9.24. The van der Waals surface area contributed by atoms with Crippen LogP contribution in [0.25, 0.3) is 0 Å². The summed E-state index contributed by atoms with van der Waals surface area (Å²) in [5, 5.41) is 12.8. The van der Waals surface area contributed by atoms with E-state index in [1.54, 1.807) is 11.3 Å². The number of thiophene rings is 1. The van der Waals surface area contributed by atoms with E-state index in [0.717, 1.165) is 10.2 Å². The summed E-state index contributed by atoms with van der Waals surface area (Å²) in [7, 11) is 0. The first-order valence-electron chi connectivity index (χ1n) is 6.38. The third-order valence-corrected chi connectivity index (χ3v) is 4.90. The Morgan fingerprint density at radius 3 is 2.53 bits per heavy atom. The van der Waals surface area contributed by atoms with Gasteiger partial charge in [-0.1, -0.05) is 30.3 Å². The summed E-state index contributed by atoms with van der Waals surface area (Å²) in [6.07, 6.45) is 0.723. The summed E-state index contributed by atoms with van der Waals surface area (Å²) < 4.78 is 1.15. The van der Waals surface area contributed by atoms with E-state index in [4.69, 9.17) is 0 Å². The fraction of sp³-hybridized carbons (Fsp3) is 0.333. The van der Waals surface area contributed by atoms with Crippen molar-refractivity contribution in [3.63, 3.8) is 0 Å². The molecule has 0 bridgehead atoms. The lowest BCUT2D eigenvalue weighted by atomic mass is 10.0. The molecule has 0 spiro atoms. The highest BCUT2D eigenvalue weighted by Gasteiger charge is 2.15. The smallest absolute Gasteiger partial charge is 0.0701 e. The summed E-state index contributed by atoms with van der Waals surface area (Å²) in [6, 6.07) is 14.9.